The molecule has 1 fully saturated rings. The van der Waals surface area contributed by atoms with Gasteiger partial charge < -0.3 is 20.4 Å². The molecular weight excluding hydrogens is 274 g/mol. The minimum atomic E-state index is -2.33. The Labute approximate surface area is 114 Å². The average molecular weight is 292 g/mol. The number of carbonyl (C=O) groups is 3. The normalized spacial score (nSPS) is 29.4. The number of amides is 1. The highest BCUT2D eigenvalue weighted by Crippen LogP contribution is 2.26. The standard InChI is InChI=1S/C11H17NO8/c1-6-3-2-4-12(5-6,11(18)19)20-8(10(16)17)7(13)9(14)15/h6-8,13H,2-5H2,1H3,(H2-,14,15,16,17,18,19)/p+1. The highest BCUT2D eigenvalue weighted by atomic mass is 16.8. The summed E-state index contributed by atoms with van der Waals surface area (Å²) in [6, 6.07) is 0. The van der Waals surface area contributed by atoms with Gasteiger partial charge in [0.25, 0.3) is 6.10 Å². The molecule has 0 bridgehead atoms. The first kappa shape index (κ1) is 16.3. The molecule has 9 nitrogen and oxygen atoms in total. The van der Waals surface area contributed by atoms with E-state index < -0.39 is 34.9 Å². The smallest absolute Gasteiger partial charge is 0.479 e. The van der Waals surface area contributed by atoms with Gasteiger partial charge in [0.2, 0.25) is 0 Å². The summed E-state index contributed by atoms with van der Waals surface area (Å²) in [6.07, 6.45) is -4.60. The van der Waals surface area contributed by atoms with E-state index in [1.54, 1.807) is 6.92 Å². The Hall–Kier alpha value is -1.71. The van der Waals surface area contributed by atoms with E-state index in [0.717, 1.165) is 6.42 Å². The number of hydroxylamine groups is 3. The Morgan fingerprint density at radius 3 is 2.20 bits per heavy atom. The maximum Gasteiger partial charge on any atom is 0.547 e. The predicted octanol–water partition coefficient (Wildman–Crippen LogP) is -0.259. The van der Waals surface area contributed by atoms with Gasteiger partial charge in [0.05, 0.1) is 0 Å². The van der Waals surface area contributed by atoms with Crippen molar-refractivity contribution >= 4 is 18.0 Å². The summed E-state index contributed by atoms with van der Waals surface area (Å²) < 4.78 is -1.01. The highest BCUT2D eigenvalue weighted by molar-refractivity contribution is 5.83. The van der Waals surface area contributed by atoms with Crippen molar-refractivity contribution in [3.63, 3.8) is 0 Å². The molecule has 1 amide bonds. The van der Waals surface area contributed by atoms with Crippen molar-refractivity contribution in [3.8, 4) is 0 Å². The molecule has 1 rings (SSSR count). The van der Waals surface area contributed by atoms with Gasteiger partial charge in [-0.3, -0.25) is 0 Å². The second-order valence-corrected chi connectivity index (χ2v) is 4.97. The summed E-state index contributed by atoms with van der Waals surface area (Å²) >= 11 is 0. The van der Waals surface area contributed by atoms with Crippen LogP contribution < -0.4 is 0 Å². The third kappa shape index (κ3) is 3.44. The van der Waals surface area contributed by atoms with Crippen LogP contribution in [0.5, 0.6) is 0 Å². The fourth-order valence-corrected chi connectivity index (χ4v) is 2.28. The number of piperidine rings is 1. The zero-order chi connectivity index (χ0) is 15.5. The zero-order valence-electron chi connectivity index (χ0n) is 10.9. The lowest BCUT2D eigenvalue weighted by Crippen LogP contribution is -2.61. The van der Waals surface area contributed by atoms with E-state index in [-0.39, 0.29) is 19.0 Å². The van der Waals surface area contributed by atoms with Gasteiger partial charge in [0.1, 0.15) is 13.1 Å². The number of aliphatic carboxylic acids is 2. The van der Waals surface area contributed by atoms with Gasteiger partial charge in [0, 0.05) is 12.3 Å². The number of aliphatic hydroxyl groups is 1. The number of hydrogen-bond acceptors (Lipinski definition) is 5. The van der Waals surface area contributed by atoms with Gasteiger partial charge in [-0.1, -0.05) is 11.6 Å². The van der Waals surface area contributed by atoms with Gasteiger partial charge >= 0.3 is 18.0 Å². The Bertz CT molecular complexity index is 411. The number of carboxylic acids is 2. The first-order valence-electron chi connectivity index (χ1n) is 6.12. The third-order valence-corrected chi connectivity index (χ3v) is 3.27. The quantitative estimate of drug-likeness (QED) is 0.508. The molecule has 4 unspecified atom stereocenters. The SMILES string of the molecule is CC1CCC[N+](OC(C(=O)O)C(O)C(=O)O)(C(=O)O)C1. The van der Waals surface area contributed by atoms with Crippen molar-refractivity contribution in [1.29, 1.82) is 0 Å². The first-order chi connectivity index (χ1) is 9.19. The third-order valence-electron chi connectivity index (χ3n) is 3.27. The molecule has 0 aromatic heterocycles. The van der Waals surface area contributed by atoms with Gasteiger partial charge in [-0.2, -0.15) is 9.63 Å². The van der Waals surface area contributed by atoms with Crippen LogP contribution in [0.15, 0.2) is 0 Å². The van der Waals surface area contributed by atoms with Crippen LogP contribution in [0, 0.1) is 5.92 Å². The first-order valence-corrected chi connectivity index (χ1v) is 6.12. The molecule has 4 atom stereocenters. The number of hydrogen-bond donors (Lipinski definition) is 4. The van der Waals surface area contributed by atoms with Crippen molar-refractivity contribution < 1.29 is 44.3 Å². The molecular formula is C11H18NO8+. The van der Waals surface area contributed by atoms with Gasteiger partial charge in [-0.25, -0.2) is 9.59 Å². The Balaban J connectivity index is 3.00. The lowest BCUT2D eigenvalue weighted by Gasteiger charge is -2.37. The summed E-state index contributed by atoms with van der Waals surface area (Å²) in [4.78, 5) is 38.1. The Morgan fingerprint density at radius 2 is 1.80 bits per heavy atom. The maximum atomic E-state index is 11.4. The molecule has 4 N–H and O–H groups in total. The number of likely N-dealkylation sites (tertiary alicyclic amines) is 1. The van der Waals surface area contributed by atoms with Gasteiger partial charge in [-0.05, 0) is 6.42 Å². The molecule has 20 heavy (non-hydrogen) atoms. The summed E-state index contributed by atoms with van der Waals surface area (Å²) in [5.41, 5.74) is 0. The molecule has 0 aliphatic carbocycles. The van der Waals surface area contributed by atoms with Crippen LogP contribution in [0.4, 0.5) is 4.79 Å². The number of quaternary nitrogens is 1. The van der Waals surface area contributed by atoms with E-state index in [2.05, 4.69) is 0 Å². The van der Waals surface area contributed by atoms with E-state index in [9.17, 15) is 24.6 Å². The molecule has 0 spiro atoms. The van der Waals surface area contributed by atoms with Crippen molar-refractivity contribution in [2.24, 2.45) is 5.92 Å². The fourth-order valence-electron chi connectivity index (χ4n) is 2.28. The average Bonchev–Trinajstić information content (AvgIpc) is 2.34. The molecule has 0 radical (unpaired) electrons. The molecule has 0 aromatic rings. The topological polar surface area (TPSA) is 141 Å². The van der Waals surface area contributed by atoms with Crippen molar-refractivity contribution in [2.45, 2.75) is 32.0 Å². The predicted molar refractivity (Wildman–Crippen MR) is 62.6 cm³/mol. The van der Waals surface area contributed by atoms with E-state index >= 15 is 0 Å². The lowest BCUT2D eigenvalue weighted by atomic mass is 10.0. The highest BCUT2D eigenvalue weighted by Gasteiger charge is 2.50. The van der Waals surface area contributed by atoms with E-state index in [0.29, 0.717) is 6.42 Å². The number of nitrogens with zero attached hydrogens (tertiary/aromatic N) is 1. The van der Waals surface area contributed by atoms with Crippen molar-refractivity contribution in [3.05, 3.63) is 0 Å². The summed E-state index contributed by atoms with van der Waals surface area (Å²) in [6.45, 7) is 1.84. The van der Waals surface area contributed by atoms with Crippen LogP contribution in [0.25, 0.3) is 0 Å². The lowest BCUT2D eigenvalue weighted by molar-refractivity contribution is -1.06. The van der Waals surface area contributed by atoms with Gasteiger partial charge in [-0.15, -0.1) is 0 Å². The summed E-state index contributed by atoms with van der Waals surface area (Å²) in [7, 11) is 0. The Kier molecular flexibility index (Phi) is 5.03. The molecule has 9 heteroatoms. The van der Waals surface area contributed by atoms with Crippen molar-refractivity contribution in [2.75, 3.05) is 13.1 Å². The largest absolute Gasteiger partial charge is 0.547 e. The summed E-state index contributed by atoms with van der Waals surface area (Å²) in [5.74, 6) is -3.53. The minimum Gasteiger partial charge on any atom is -0.479 e. The fraction of sp³-hybridized carbons (Fsp3) is 0.727. The molecule has 1 saturated heterocycles. The van der Waals surface area contributed by atoms with Crippen LogP contribution in [-0.2, 0) is 14.4 Å². The molecule has 0 aromatic carbocycles. The number of carboxylic acid groups (broad SMARTS) is 3. The van der Waals surface area contributed by atoms with Crippen LogP contribution in [-0.4, -0.2) is 68.4 Å². The molecule has 114 valence electrons. The maximum absolute atomic E-state index is 11.4. The van der Waals surface area contributed by atoms with Crippen LogP contribution in [0.2, 0.25) is 0 Å². The van der Waals surface area contributed by atoms with E-state index in [1.807, 2.05) is 0 Å². The minimum absolute atomic E-state index is 0.0173. The summed E-state index contributed by atoms with van der Waals surface area (Å²) in [5, 5.41) is 36.2. The second kappa shape index (κ2) is 6.16. The van der Waals surface area contributed by atoms with Crippen LogP contribution >= 0.6 is 0 Å². The number of rotatable bonds is 5. The van der Waals surface area contributed by atoms with E-state index in [1.165, 1.54) is 0 Å². The Morgan fingerprint density at radius 1 is 1.20 bits per heavy atom. The molecule has 1 aliphatic rings. The molecule has 1 heterocycles. The monoisotopic (exact) mass is 292 g/mol. The van der Waals surface area contributed by atoms with Crippen LogP contribution in [0.3, 0.4) is 0 Å². The molecule has 0 saturated carbocycles. The van der Waals surface area contributed by atoms with E-state index in [4.69, 9.17) is 15.1 Å². The van der Waals surface area contributed by atoms with Gasteiger partial charge in [0.15, 0.2) is 6.10 Å². The second-order valence-electron chi connectivity index (χ2n) is 4.97. The molecule has 1 aliphatic heterocycles. The van der Waals surface area contributed by atoms with Crippen molar-refractivity contribution in [1.82, 2.24) is 0 Å². The number of aliphatic hydroxyl groups excluding tert-OH is 1. The van der Waals surface area contributed by atoms with Crippen LogP contribution in [0.1, 0.15) is 19.8 Å². The zero-order valence-corrected chi connectivity index (χ0v) is 10.9.